The van der Waals surface area contributed by atoms with Crippen LogP contribution in [-0.2, 0) is 0 Å². The van der Waals surface area contributed by atoms with Crippen molar-refractivity contribution in [3.05, 3.63) is 53.6 Å². The van der Waals surface area contributed by atoms with Crippen molar-refractivity contribution in [1.82, 2.24) is 0 Å². The highest BCUT2D eigenvalue weighted by Gasteiger charge is 2.19. The van der Waals surface area contributed by atoms with Gasteiger partial charge in [-0.2, -0.15) is 4.58 Å². The second-order valence-corrected chi connectivity index (χ2v) is 5.28. The number of aryl methyl sites for hydroxylation is 1. The third-order valence-corrected chi connectivity index (χ3v) is 3.58. The van der Waals surface area contributed by atoms with Gasteiger partial charge >= 0.3 is 0 Å². The topological polar surface area (TPSA) is 15.5 Å². The van der Waals surface area contributed by atoms with Crippen molar-refractivity contribution in [1.29, 1.82) is 0 Å². The van der Waals surface area contributed by atoms with Gasteiger partial charge < -0.3 is 9.64 Å². The SMILES string of the molecule is Cc1cccc2c1OC[N+](c1ccc(N(C)C)cc1)=C2. The Morgan fingerprint density at radius 2 is 1.80 bits per heavy atom. The third-order valence-electron chi connectivity index (χ3n) is 3.58. The summed E-state index contributed by atoms with van der Waals surface area (Å²) >= 11 is 0. The smallest absolute Gasteiger partial charge is 0.292 e. The minimum absolute atomic E-state index is 0.555. The van der Waals surface area contributed by atoms with Gasteiger partial charge in [-0.05, 0) is 30.7 Å². The number of fused-ring (bicyclic) bond motifs is 1. The van der Waals surface area contributed by atoms with E-state index in [1.165, 1.54) is 11.3 Å². The lowest BCUT2D eigenvalue weighted by Gasteiger charge is -2.16. The van der Waals surface area contributed by atoms with Crippen LogP contribution in [0.25, 0.3) is 0 Å². The molecule has 102 valence electrons. The summed E-state index contributed by atoms with van der Waals surface area (Å²) in [6.45, 7) is 2.63. The summed E-state index contributed by atoms with van der Waals surface area (Å²) in [6.07, 6.45) is 2.15. The quantitative estimate of drug-likeness (QED) is 0.777. The van der Waals surface area contributed by atoms with E-state index in [2.05, 4.69) is 65.1 Å². The van der Waals surface area contributed by atoms with Crippen LogP contribution in [-0.4, -0.2) is 31.6 Å². The molecule has 0 unspecified atom stereocenters. The molecule has 3 heteroatoms. The van der Waals surface area contributed by atoms with E-state index < -0.39 is 0 Å². The molecule has 0 atom stereocenters. The zero-order chi connectivity index (χ0) is 14.1. The molecule has 0 fully saturated rings. The number of para-hydroxylation sites is 1. The average Bonchev–Trinajstić information content (AvgIpc) is 2.47. The summed E-state index contributed by atoms with van der Waals surface area (Å²) in [5, 5.41) is 0. The van der Waals surface area contributed by atoms with Crippen molar-refractivity contribution in [3.63, 3.8) is 0 Å². The Morgan fingerprint density at radius 3 is 2.50 bits per heavy atom. The van der Waals surface area contributed by atoms with Crippen molar-refractivity contribution in [2.45, 2.75) is 6.92 Å². The average molecular weight is 267 g/mol. The Labute approximate surface area is 119 Å². The second kappa shape index (κ2) is 5.00. The summed E-state index contributed by atoms with van der Waals surface area (Å²) in [6, 6.07) is 14.7. The Hall–Kier alpha value is -2.29. The summed E-state index contributed by atoms with van der Waals surface area (Å²) in [7, 11) is 4.09. The molecule has 3 nitrogen and oxygen atoms in total. The van der Waals surface area contributed by atoms with E-state index in [-0.39, 0.29) is 0 Å². The summed E-state index contributed by atoms with van der Waals surface area (Å²) in [4.78, 5) is 2.10. The van der Waals surface area contributed by atoms with Gasteiger partial charge in [0.25, 0.3) is 6.73 Å². The molecular weight excluding hydrogens is 248 g/mol. The zero-order valence-electron chi connectivity index (χ0n) is 12.1. The normalized spacial score (nSPS) is 13.2. The van der Waals surface area contributed by atoms with Crippen molar-refractivity contribution >= 4 is 17.6 Å². The van der Waals surface area contributed by atoms with Crippen LogP contribution in [0.4, 0.5) is 11.4 Å². The molecule has 1 aliphatic rings. The van der Waals surface area contributed by atoms with Gasteiger partial charge in [-0.25, -0.2) is 0 Å². The molecule has 1 aliphatic heterocycles. The summed E-state index contributed by atoms with van der Waals surface area (Å²) in [5.74, 6) is 0.994. The maximum atomic E-state index is 5.88. The lowest BCUT2D eigenvalue weighted by molar-refractivity contribution is -0.476. The van der Waals surface area contributed by atoms with Crippen LogP contribution in [0.3, 0.4) is 0 Å². The van der Waals surface area contributed by atoms with Crippen molar-refractivity contribution in [2.75, 3.05) is 25.7 Å². The van der Waals surface area contributed by atoms with Gasteiger partial charge in [0.15, 0.2) is 6.21 Å². The van der Waals surface area contributed by atoms with E-state index in [1.54, 1.807) is 0 Å². The molecule has 0 radical (unpaired) electrons. The first-order valence-electron chi connectivity index (χ1n) is 6.76. The zero-order valence-corrected chi connectivity index (χ0v) is 12.1. The molecule has 0 spiro atoms. The van der Waals surface area contributed by atoms with E-state index in [4.69, 9.17) is 4.74 Å². The maximum Gasteiger partial charge on any atom is 0.292 e. The van der Waals surface area contributed by atoms with Gasteiger partial charge in [0, 0.05) is 31.9 Å². The van der Waals surface area contributed by atoms with Gasteiger partial charge in [-0.3, -0.25) is 0 Å². The van der Waals surface area contributed by atoms with E-state index in [9.17, 15) is 0 Å². The first-order valence-corrected chi connectivity index (χ1v) is 6.76. The highest BCUT2D eigenvalue weighted by Crippen LogP contribution is 2.26. The predicted molar refractivity (Wildman–Crippen MR) is 82.5 cm³/mol. The van der Waals surface area contributed by atoms with Crippen LogP contribution in [0.15, 0.2) is 42.5 Å². The molecule has 0 aromatic heterocycles. The van der Waals surface area contributed by atoms with E-state index in [1.807, 2.05) is 14.1 Å². The molecule has 2 aromatic carbocycles. The minimum atomic E-state index is 0.555. The van der Waals surface area contributed by atoms with Crippen molar-refractivity contribution in [3.8, 4) is 5.75 Å². The Morgan fingerprint density at radius 1 is 1.05 bits per heavy atom. The fraction of sp³-hybridized carbons (Fsp3) is 0.235. The van der Waals surface area contributed by atoms with Crippen LogP contribution < -0.4 is 9.64 Å². The fourth-order valence-electron chi connectivity index (χ4n) is 2.40. The molecule has 1 heterocycles. The van der Waals surface area contributed by atoms with E-state index >= 15 is 0 Å². The van der Waals surface area contributed by atoms with Gasteiger partial charge in [-0.15, -0.1) is 0 Å². The summed E-state index contributed by atoms with van der Waals surface area (Å²) < 4.78 is 8.01. The van der Waals surface area contributed by atoms with Crippen LogP contribution in [0.2, 0.25) is 0 Å². The fourth-order valence-corrected chi connectivity index (χ4v) is 2.40. The molecule has 0 saturated carbocycles. The second-order valence-electron chi connectivity index (χ2n) is 5.28. The maximum absolute atomic E-state index is 5.88. The third kappa shape index (κ3) is 2.27. The van der Waals surface area contributed by atoms with Crippen LogP contribution >= 0.6 is 0 Å². The molecule has 0 amide bonds. The number of benzene rings is 2. The monoisotopic (exact) mass is 267 g/mol. The highest BCUT2D eigenvalue weighted by atomic mass is 16.5. The van der Waals surface area contributed by atoms with Gasteiger partial charge in [-0.1, -0.05) is 12.1 Å². The van der Waals surface area contributed by atoms with Crippen molar-refractivity contribution < 1.29 is 9.31 Å². The lowest BCUT2D eigenvalue weighted by Crippen LogP contribution is -2.21. The van der Waals surface area contributed by atoms with Gasteiger partial charge in [0.2, 0.25) is 5.69 Å². The Bertz CT molecular complexity index is 657. The summed E-state index contributed by atoms with van der Waals surface area (Å²) in [5.41, 5.74) is 4.65. The molecule has 20 heavy (non-hydrogen) atoms. The lowest BCUT2D eigenvalue weighted by atomic mass is 10.1. The van der Waals surface area contributed by atoms with Crippen LogP contribution in [0.5, 0.6) is 5.75 Å². The number of ether oxygens (including phenoxy) is 1. The number of anilines is 1. The van der Waals surface area contributed by atoms with Crippen LogP contribution in [0, 0.1) is 6.92 Å². The molecule has 3 rings (SSSR count). The molecule has 0 saturated heterocycles. The van der Waals surface area contributed by atoms with Crippen LogP contribution in [0.1, 0.15) is 11.1 Å². The predicted octanol–water partition coefficient (Wildman–Crippen LogP) is 3.17. The first kappa shape index (κ1) is 12.7. The number of rotatable bonds is 2. The minimum Gasteiger partial charge on any atom is -0.435 e. The number of nitrogens with zero attached hydrogens (tertiary/aromatic N) is 2. The van der Waals surface area contributed by atoms with Crippen molar-refractivity contribution in [2.24, 2.45) is 0 Å². The Balaban J connectivity index is 1.95. The number of hydrogen-bond donors (Lipinski definition) is 0. The highest BCUT2D eigenvalue weighted by molar-refractivity contribution is 5.82. The largest absolute Gasteiger partial charge is 0.435 e. The molecule has 0 bridgehead atoms. The van der Waals surface area contributed by atoms with Gasteiger partial charge in [0.1, 0.15) is 5.75 Å². The first-order chi connectivity index (χ1) is 9.65. The standard InChI is InChI=1S/C17H19N2O/c1-13-5-4-6-14-11-19(12-20-17(13)14)16-9-7-15(8-10-16)18(2)3/h4-11H,12H2,1-3H3/q+1. The molecule has 0 N–H and O–H groups in total. The molecule has 2 aromatic rings. The van der Waals surface area contributed by atoms with Gasteiger partial charge in [0.05, 0.1) is 5.56 Å². The molecule has 0 aliphatic carbocycles. The Kier molecular flexibility index (Phi) is 3.18. The number of hydrogen-bond acceptors (Lipinski definition) is 2. The van der Waals surface area contributed by atoms with E-state index in [0.717, 1.165) is 17.0 Å². The molecular formula is C17H19N2O+. The van der Waals surface area contributed by atoms with E-state index in [0.29, 0.717) is 6.73 Å².